The van der Waals surface area contributed by atoms with Crippen molar-refractivity contribution >= 4 is 27.8 Å². The lowest BCUT2D eigenvalue weighted by Crippen LogP contribution is -2.29. The molecular formula is C14H17BrFNO4. The van der Waals surface area contributed by atoms with E-state index in [0.717, 1.165) is 12.8 Å². The van der Waals surface area contributed by atoms with E-state index < -0.39 is 5.97 Å². The summed E-state index contributed by atoms with van der Waals surface area (Å²) in [5, 5.41) is 11.1. The van der Waals surface area contributed by atoms with Crippen LogP contribution in [0.3, 0.4) is 0 Å². The Bertz CT molecular complexity index is 496. The molecule has 0 aliphatic rings. The molecule has 0 radical (unpaired) electrons. The number of hydrogen-bond donors (Lipinski definition) is 2. The first-order valence-corrected chi connectivity index (χ1v) is 7.34. The number of ether oxygens (including phenoxy) is 1. The lowest BCUT2D eigenvalue weighted by Gasteiger charge is -2.08. The summed E-state index contributed by atoms with van der Waals surface area (Å²) in [6.45, 7) is 0.325. The Morgan fingerprint density at radius 3 is 2.71 bits per heavy atom. The summed E-state index contributed by atoms with van der Waals surface area (Å²) in [6.07, 6.45) is 2.22. The third-order valence-electron chi connectivity index (χ3n) is 2.64. The maximum Gasteiger partial charge on any atom is 0.303 e. The van der Waals surface area contributed by atoms with Crippen molar-refractivity contribution in [3.05, 3.63) is 28.5 Å². The second-order valence-electron chi connectivity index (χ2n) is 4.42. The van der Waals surface area contributed by atoms with Crippen LogP contribution >= 0.6 is 15.9 Å². The van der Waals surface area contributed by atoms with Gasteiger partial charge in [0.2, 0.25) is 0 Å². The highest BCUT2D eigenvalue weighted by Crippen LogP contribution is 2.25. The number of nitrogens with one attached hydrogen (secondary N) is 1. The number of carboxylic acids is 1. The van der Waals surface area contributed by atoms with Crippen LogP contribution in [-0.2, 0) is 9.59 Å². The SMILES string of the molecule is O=C(O)CCCCCNC(=O)COc1ccc(F)cc1Br. The van der Waals surface area contributed by atoms with E-state index >= 15 is 0 Å². The zero-order chi connectivity index (χ0) is 15.7. The standard InChI is InChI=1S/C14H17BrFNO4/c15-11-8-10(16)5-6-12(11)21-9-13(18)17-7-3-1-2-4-14(19)20/h5-6,8H,1-4,7,9H2,(H,17,18)(H,19,20). The average molecular weight is 362 g/mol. The first-order valence-electron chi connectivity index (χ1n) is 6.55. The summed E-state index contributed by atoms with van der Waals surface area (Å²) < 4.78 is 18.6. The van der Waals surface area contributed by atoms with Gasteiger partial charge in [-0.3, -0.25) is 9.59 Å². The molecule has 0 spiro atoms. The van der Waals surface area contributed by atoms with E-state index in [1.54, 1.807) is 0 Å². The van der Waals surface area contributed by atoms with Crippen LogP contribution in [0.1, 0.15) is 25.7 Å². The molecular weight excluding hydrogens is 345 g/mol. The zero-order valence-electron chi connectivity index (χ0n) is 11.4. The maximum atomic E-state index is 12.9. The summed E-state index contributed by atoms with van der Waals surface area (Å²) in [6, 6.07) is 3.95. The molecule has 0 aromatic heterocycles. The van der Waals surface area contributed by atoms with Gasteiger partial charge in [0.05, 0.1) is 4.47 Å². The lowest BCUT2D eigenvalue weighted by atomic mass is 10.2. The van der Waals surface area contributed by atoms with Crippen molar-refractivity contribution in [2.45, 2.75) is 25.7 Å². The van der Waals surface area contributed by atoms with Crippen LogP contribution in [0.5, 0.6) is 5.75 Å². The molecule has 0 unspecified atom stereocenters. The van der Waals surface area contributed by atoms with Crippen LogP contribution in [-0.4, -0.2) is 30.1 Å². The molecule has 21 heavy (non-hydrogen) atoms. The van der Waals surface area contributed by atoms with Gasteiger partial charge in [0.15, 0.2) is 6.61 Å². The maximum absolute atomic E-state index is 12.9. The highest BCUT2D eigenvalue weighted by molar-refractivity contribution is 9.10. The van der Waals surface area contributed by atoms with Crippen molar-refractivity contribution in [3.8, 4) is 5.75 Å². The van der Waals surface area contributed by atoms with E-state index in [-0.39, 0.29) is 24.8 Å². The largest absolute Gasteiger partial charge is 0.483 e. The molecule has 1 aromatic carbocycles. The number of carbonyl (C=O) groups is 2. The first-order chi connectivity index (χ1) is 9.99. The van der Waals surface area contributed by atoms with Gasteiger partial charge in [-0.15, -0.1) is 0 Å². The van der Waals surface area contributed by atoms with Gasteiger partial charge in [0.1, 0.15) is 11.6 Å². The predicted molar refractivity (Wildman–Crippen MR) is 78.7 cm³/mol. The number of unbranched alkanes of at least 4 members (excludes halogenated alkanes) is 2. The van der Waals surface area contributed by atoms with E-state index in [2.05, 4.69) is 21.2 Å². The van der Waals surface area contributed by atoms with Gasteiger partial charge in [-0.2, -0.15) is 0 Å². The number of amides is 1. The summed E-state index contributed by atoms with van der Waals surface area (Å²) in [5.74, 6) is -1.07. The molecule has 7 heteroatoms. The van der Waals surface area contributed by atoms with Gasteiger partial charge in [0.25, 0.3) is 5.91 Å². The van der Waals surface area contributed by atoms with Crippen LogP contribution in [0.4, 0.5) is 4.39 Å². The number of benzene rings is 1. The fraction of sp³-hybridized carbons (Fsp3) is 0.429. The van der Waals surface area contributed by atoms with E-state index in [0.29, 0.717) is 23.2 Å². The fourth-order valence-electron chi connectivity index (χ4n) is 1.59. The van der Waals surface area contributed by atoms with Crippen LogP contribution in [0.25, 0.3) is 0 Å². The summed E-state index contributed by atoms with van der Waals surface area (Å²) in [4.78, 5) is 21.8. The van der Waals surface area contributed by atoms with Crippen LogP contribution in [0.2, 0.25) is 0 Å². The number of hydrogen-bond acceptors (Lipinski definition) is 3. The van der Waals surface area contributed by atoms with Gasteiger partial charge in [0, 0.05) is 13.0 Å². The minimum absolute atomic E-state index is 0.148. The zero-order valence-corrected chi connectivity index (χ0v) is 13.0. The van der Waals surface area contributed by atoms with E-state index in [1.807, 2.05) is 0 Å². The normalized spacial score (nSPS) is 10.2. The second kappa shape index (κ2) is 9.33. The van der Waals surface area contributed by atoms with Crippen molar-refractivity contribution in [2.24, 2.45) is 0 Å². The molecule has 0 fully saturated rings. The molecule has 2 N–H and O–H groups in total. The molecule has 0 aliphatic carbocycles. The van der Waals surface area contributed by atoms with Gasteiger partial charge < -0.3 is 15.2 Å². The predicted octanol–water partition coefficient (Wildman–Crippen LogP) is 2.73. The van der Waals surface area contributed by atoms with Gasteiger partial charge in [-0.25, -0.2) is 4.39 Å². The third-order valence-corrected chi connectivity index (χ3v) is 3.26. The molecule has 1 amide bonds. The fourth-order valence-corrected chi connectivity index (χ4v) is 2.06. The van der Waals surface area contributed by atoms with Crippen molar-refractivity contribution < 1.29 is 23.8 Å². The van der Waals surface area contributed by atoms with Crippen LogP contribution in [0.15, 0.2) is 22.7 Å². The van der Waals surface area contributed by atoms with E-state index in [9.17, 15) is 14.0 Å². The number of carbonyl (C=O) groups excluding carboxylic acids is 1. The highest BCUT2D eigenvalue weighted by Gasteiger charge is 2.06. The minimum atomic E-state index is -0.808. The third kappa shape index (κ3) is 7.65. The molecule has 0 atom stereocenters. The molecule has 0 saturated heterocycles. The van der Waals surface area contributed by atoms with Crippen LogP contribution < -0.4 is 10.1 Å². The number of carboxylic acid groups (broad SMARTS) is 1. The first kappa shape index (κ1) is 17.4. The average Bonchev–Trinajstić information content (AvgIpc) is 2.41. The second-order valence-corrected chi connectivity index (χ2v) is 5.27. The lowest BCUT2D eigenvalue weighted by molar-refractivity contribution is -0.137. The Morgan fingerprint density at radius 2 is 2.05 bits per heavy atom. The van der Waals surface area contributed by atoms with Crippen molar-refractivity contribution in [2.75, 3.05) is 13.2 Å². The Morgan fingerprint density at radius 1 is 1.29 bits per heavy atom. The monoisotopic (exact) mass is 361 g/mol. The van der Waals surface area contributed by atoms with Crippen molar-refractivity contribution in [3.63, 3.8) is 0 Å². The Kier molecular flexibility index (Phi) is 7.74. The van der Waals surface area contributed by atoms with Gasteiger partial charge >= 0.3 is 5.97 Å². The van der Waals surface area contributed by atoms with Crippen LogP contribution in [0, 0.1) is 5.82 Å². The number of aliphatic carboxylic acids is 1. The van der Waals surface area contributed by atoms with E-state index in [4.69, 9.17) is 9.84 Å². The topological polar surface area (TPSA) is 75.6 Å². The molecule has 1 rings (SSSR count). The Balaban J connectivity index is 2.15. The molecule has 1 aromatic rings. The van der Waals surface area contributed by atoms with E-state index in [1.165, 1.54) is 18.2 Å². The quantitative estimate of drug-likeness (QED) is 0.663. The molecule has 0 heterocycles. The summed E-state index contributed by atoms with van der Waals surface area (Å²) in [7, 11) is 0. The number of halogens is 2. The minimum Gasteiger partial charge on any atom is -0.483 e. The Labute approximate surface area is 130 Å². The molecule has 116 valence electrons. The van der Waals surface area contributed by atoms with Gasteiger partial charge in [-0.05, 0) is 47.0 Å². The van der Waals surface area contributed by atoms with Crippen molar-refractivity contribution in [1.82, 2.24) is 5.32 Å². The molecule has 0 bridgehead atoms. The molecule has 0 saturated carbocycles. The molecule has 0 aliphatic heterocycles. The van der Waals surface area contributed by atoms with Gasteiger partial charge in [-0.1, -0.05) is 6.42 Å². The van der Waals surface area contributed by atoms with Crippen molar-refractivity contribution in [1.29, 1.82) is 0 Å². The smallest absolute Gasteiger partial charge is 0.303 e. The summed E-state index contributed by atoms with van der Waals surface area (Å²) >= 11 is 3.15. The number of rotatable bonds is 9. The Hall–Kier alpha value is -1.63. The molecule has 5 nitrogen and oxygen atoms in total. The highest BCUT2D eigenvalue weighted by atomic mass is 79.9. The summed E-state index contributed by atoms with van der Waals surface area (Å²) in [5.41, 5.74) is 0.